The van der Waals surface area contributed by atoms with Gasteiger partial charge in [-0.25, -0.2) is 0 Å². The van der Waals surface area contributed by atoms with E-state index < -0.39 is 40.2 Å². The van der Waals surface area contributed by atoms with E-state index in [0.29, 0.717) is 29.4 Å². The molecule has 4 aromatic carbocycles. The maximum atomic E-state index is 8.94. The van der Waals surface area contributed by atoms with Crippen LogP contribution in [0.25, 0.3) is 55.6 Å². The second-order valence-corrected chi connectivity index (χ2v) is 14.0. The van der Waals surface area contributed by atoms with Crippen LogP contribution < -0.4 is 0 Å². The SMILES string of the molecule is [2H]C([2H])([2H])c1c[c-]c(-c2ccc(C(C)(C)C)cn2)cc1.[2H]C([2H])([2H])c1cc(C([2H])([2H])[2H])c2oc3c(-c4cc(-c5ccc(C6([2H])CCCC6)cc5C([2H])([2H])[2H])c(C([2H])([2H])[2H])cn4)[c-]ccc3c2c1.[Ir]. The van der Waals surface area contributed by atoms with Crippen LogP contribution in [-0.4, -0.2) is 9.97 Å². The van der Waals surface area contributed by atoms with E-state index in [1.165, 1.54) is 29.8 Å². The van der Waals surface area contributed by atoms with Gasteiger partial charge >= 0.3 is 0 Å². The van der Waals surface area contributed by atoms with Crippen LogP contribution in [0.3, 0.4) is 0 Å². The maximum absolute atomic E-state index is 8.94. The normalized spacial score (nSPS) is 19.6. The van der Waals surface area contributed by atoms with Crippen molar-refractivity contribution in [2.75, 3.05) is 0 Å². The summed E-state index contributed by atoms with van der Waals surface area (Å²) >= 11 is 0. The third-order valence-corrected chi connectivity index (χ3v) is 9.34. The van der Waals surface area contributed by atoms with Crippen LogP contribution in [0.2, 0.25) is 0 Å². The molecule has 8 rings (SSSR count). The van der Waals surface area contributed by atoms with Crippen LogP contribution in [-0.2, 0) is 25.5 Å². The van der Waals surface area contributed by atoms with Crippen molar-refractivity contribution in [2.45, 2.75) is 92.0 Å². The number of aryl methyl sites for hydroxylation is 5. The molecule has 1 saturated carbocycles. The molecule has 0 spiro atoms. The van der Waals surface area contributed by atoms with Gasteiger partial charge in [0, 0.05) is 59.8 Å². The number of furan rings is 1. The minimum atomic E-state index is -2.70. The van der Waals surface area contributed by atoms with Gasteiger partial charge in [0.2, 0.25) is 0 Å². The van der Waals surface area contributed by atoms with Crippen LogP contribution in [0, 0.1) is 46.4 Å². The summed E-state index contributed by atoms with van der Waals surface area (Å²) in [6.45, 7) is -6.24. The van der Waals surface area contributed by atoms with Gasteiger partial charge in [0.05, 0.1) is 5.58 Å². The predicted octanol–water partition coefficient (Wildman–Crippen LogP) is 13.2. The minimum Gasteiger partial charge on any atom is -0.500 e. The van der Waals surface area contributed by atoms with Gasteiger partial charge in [-0.15, -0.1) is 53.6 Å². The molecule has 52 heavy (non-hydrogen) atoms. The van der Waals surface area contributed by atoms with E-state index in [1.807, 2.05) is 18.3 Å². The zero-order valence-corrected chi connectivity index (χ0v) is 31.5. The molecule has 0 bridgehead atoms. The number of nitrogens with zero attached hydrogens (tertiary/aromatic N) is 2. The van der Waals surface area contributed by atoms with E-state index in [-0.39, 0.29) is 86.7 Å². The number of pyridine rings is 2. The summed E-state index contributed by atoms with van der Waals surface area (Å²) in [4.78, 5) is 8.85. The van der Waals surface area contributed by atoms with E-state index >= 15 is 0 Å². The molecular formula is C48H48IrN2O-2. The molecule has 7 aromatic rings. The molecule has 3 heterocycles. The first-order valence-corrected chi connectivity index (χ1v) is 16.9. The summed E-state index contributed by atoms with van der Waals surface area (Å²) in [5, 5.41) is 0.671. The van der Waals surface area contributed by atoms with Gasteiger partial charge in [-0.05, 0) is 108 Å². The summed E-state index contributed by atoms with van der Waals surface area (Å²) in [5.74, 6) is -0.923. The van der Waals surface area contributed by atoms with Gasteiger partial charge in [0.25, 0.3) is 0 Å². The Labute approximate surface area is 345 Å². The Bertz CT molecular complexity index is 2880. The Hall–Kier alpha value is -4.37. The molecule has 0 atom stereocenters. The molecular weight excluding hydrogens is 813 g/mol. The molecule has 267 valence electrons. The summed E-state index contributed by atoms with van der Waals surface area (Å²) in [6, 6.07) is 26.7. The summed E-state index contributed by atoms with van der Waals surface area (Å²) in [6.07, 6.45) is 5.94. The van der Waals surface area contributed by atoms with E-state index in [1.54, 1.807) is 36.4 Å². The van der Waals surface area contributed by atoms with Crippen LogP contribution in [0.15, 0.2) is 95.7 Å². The van der Waals surface area contributed by atoms with Crippen molar-refractivity contribution in [3.05, 3.63) is 142 Å². The van der Waals surface area contributed by atoms with Crippen molar-refractivity contribution < 1.29 is 46.5 Å². The van der Waals surface area contributed by atoms with Crippen LogP contribution in [0.4, 0.5) is 0 Å². The first kappa shape index (κ1) is 22.0. The number of benzene rings is 4. The molecule has 0 aliphatic heterocycles. The topological polar surface area (TPSA) is 38.9 Å². The van der Waals surface area contributed by atoms with Crippen LogP contribution in [0.5, 0.6) is 0 Å². The Morgan fingerprint density at radius 3 is 2.21 bits per heavy atom. The molecule has 3 nitrogen and oxygen atoms in total. The molecule has 0 unspecified atom stereocenters. The van der Waals surface area contributed by atoms with E-state index in [0.717, 1.165) is 36.4 Å². The van der Waals surface area contributed by atoms with Gasteiger partial charge < -0.3 is 14.4 Å². The summed E-state index contributed by atoms with van der Waals surface area (Å²) in [7, 11) is 0. The smallest absolute Gasteiger partial charge is 0.123 e. The first-order chi connectivity index (χ1) is 30.9. The monoisotopic (exact) mass is 877 g/mol. The number of hydrogen-bond acceptors (Lipinski definition) is 3. The minimum absolute atomic E-state index is 0. The Kier molecular flexibility index (Phi) is 6.47. The van der Waals surface area contributed by atoms with Crippen molar-refractivity contribution in [3.63, 3.8) is 0 Å². The maximum Gasteiger partial charge on any atom is 0.123 e. The zero-order chi connectivity index (χ0) is 49.3. The van der Waals surface area contributed by atoms with Crippen molar-refractivity contribution in [1.82, 2.24) is 9.97 Å². The van der Waals surface area contributed by atoms with Gasteiger partial charge in [0.15, 0.2) is 0 Å². The first-order valence-electron chi connectivity index (χ1n) is 24.9. The Morgan fingerprint density at radius 2 is 1.52 bits per heavy atom. The molecule has 1 fully saturated rings. The summed E-state index contributed by atoms with van der Waals surface area (Å²) in [5.41, 5.74) is 3.83. The Balaban J connectivity index is 0.000000304. The standard InChI is InChI=1S/C32H30NO.C16H18N.Ir/c1-19-14-21(3)31-29(15-19)26-10-7-11-27(32(26)34-31)30-17-28(22(4)18-33-30)25-13-12-24(16-20(25)2)23-8-5-6-9-23;1-12-5-7-13(8-6-12)15-10-9-14(11-17-15)16(2,3)4;/h7,10,12-18,23H,5-6,8-9H2,1-4H3;5-7,9-11H,1-4H3;/q2*-1;/i1D3,2D3,3D3,4D3,23D;1D3;. The second-order valence-electron chi connectivity index (χ2n) is 14.0. The van der Waals surface area contributed by atoms with Crippen molar-refractivity contribution in [2.24, 2.45) is 0 Å². The number of hydrogen-bond donors (Lipinski definition) is 0. The number of rotatable bonds is 4. The average Bonchev–Trinajstić information content (AvgIpc) is 3.85. The fraction of sp³-hybridized carbons (Fsp3) is 0.292. The molecule has 3 aromatic heterocycles. The second kappa shape index (κ2) is 15.3. The van der Waals surface area contributed by atoms with Crippen LogP contribution in [0.1, 0.15) is 113 Å². The predicted molar refractivity (Wildman–Crippen MR) is 213 cm³/mol. The Morgan fingerprint density at radius 1 is 0.712 bits per heavy atom. The van der Waals surface area contributed by atoms with Gasteiger partial charge in [0.1, 0.15) is 5.58 Å². The molecule has 1 aliphatic carbocycles. The zero-order valence-electron chi connectivity index (χ0n) is 45.1. The third-order valence-electron chi connectivity index (χ3n) is 9.34. The van der Waals surface area contributed by atoms with Crippen molar-refractivity contribution in [1.29, 1.82) is 0 Å². The number of aromatic nitrogens is 2. The van der Waals surface area contributed by atoms with E-state index in [2.05, 4.69) is 42.9 Å². The largest absolute Gasteiger partial charge is 0.500 e. The third kappa shape index (κ3) is 7.70. The van der Waals surface area contributed by atoms with Crippen molar-refractivity contribution in [3.8, 4) is 33.6 Å². The van der Waals surface area contributed by atoms with Crippen LogP contribution >= 0.6 is 0 Å². The molecule has 1 radical (unpaired) electrons. The van der Waals surface area contributed by atoms with Gasteiger partial charge in [-0.1, -0.05) is 99.4 Å². The van der Waals surface area contributed by atoms with Crippen molar-refractivity contribution >= 4 is 21.9 Å². The van der Waals surface area contributed by atoms with Gasteiger partial charge in [-0.2, -0.15) is 0 Å². The summed E-state index contributed by atoms with van der Waals surface area (Å²) < 4.78 is 135. The fourth-order valence-corrected chi connectivity index (χ4v) is 6.52. The number of fused-ring (bicyclic) bond motifs is 3. The molecule has 0 amide bonds. The average molecular weight is 877 g/mol. The van der Waals surface area contributed by atoms with E-state index in [9.17, 15) is 0 Å². The van der Waals surface area contributed by atoms with Gasteiger partial charge in [-0.3, -0.25) is 0 Å². The van der Waals surface area contributed by atoms with E-state index in [4.69, 9.17) is 26.3 Å². The molecule has 1 aliphatic rings. The molecule has 0 N–H and O–H groups in total. The molecule has 4 heteroatoms. The fourth-order valence-electron chi connectivity index (χ4n) is 6.52. The quantitative estimate of drug-likeness (QED) is 0.165. The molecule has 0 saturated heterocycles.